The lowest BCUT2D eigenvalue weighted by Crippen LogP contribution is -2.21. The predicted octanol–water partition coefficient (Wildman–Crippen LogP) is 5.63. The fourth-order valence-corrected chi connectivity index (χ4v) is 4.07. The maximum atomic E-state index is 11.5. The normalized spacial score (nSPS) is 20.2. The molecule has 1 saturated heterocycles. The maximum Gasteiger partial charge on any atom is 0.305 e. The molecule has 0 radical (unpaired) electrons. The fourth-order valence-electron chi connectivity index (χ4n) is 4.07. The quantitative estimate of drug-likeness (QED) is 0.333. The van der Waals surface area contributed by atoms with Crippen LogP contribution in [0.25, 0.3) is 17.1 Å². The number of esters is 1. The number of para-hydroxylation sites is 2. The standard InChI is InChI=1S/C26H36N2O4/c1-5-6-7-8-12-21-22(28-20-14-10-9-13-19(20)27-21)17-18-24-23(31-26(2,3)32-24)15-11-16-25(29)30-4/h9-10,13-14,17-18,23-24H,5-8,11-12,15-16H2,1-4H3/b18-17+/t23-,24+/m0/s1. The van der Waals surface area contributed by atoms with Crippen molar-refractivity contribution in [3.05, 3.63) is 41.7 Å². The average molecular weight is 441 g/mol. The lowest BCUT2D eigenvalue weighted by Gasteiger charge is -2.16. The van der Waals surface area contributed by atoms with Gasteiger partial charge in [-0.15, -0.1) is 0 Å². The molecular formula is C26H36N2O4. The summed E-state index contributed by atoms with van der Waals surface area (Å²) in [6.45, 7) is 6.06. The van der Waals surface area contributed by atoms with Gasteiger partial charge in [-0.25, -0.2) is 9.97 Å². The highest BCUT2D eigenvalue weighted by Crippen LogP contribution is 2.32. The van der Waals surface area contributed by atoms with Crippen LogP contribution in [-0.4, -0.2) is 41.0 Å². The smallest absolute Gasteiger partial charge is 0.305 e. The number of aryl methyl sites for hydroxylation is 1. The molecule has 0 spiro atoms. The zero-order chi connectivity index (χ0) is 23.0. The summed E-state index contributed by atoms with van der Waals surface area (Å²) >= 11 is 0. The topological polar surface area (TPSA) is 70.5 Å². The highest BCUT2D eigenvalue weighted by Gasteiger charge is 2.39. The first-order valence-corrected chi connectivity index (χ1v) is 11.8. The van der Waals surface area contributed by atoms with Gasteiger partial charge in [0.15, 0.2) is 5.79 Å². The van der Waals surface area contributed by atoms with Crippen LogP contribution in [0.3, 0.4) is 0 Å². The Balaban J connectivity index is 1.77. The van der Waals surface area contributed by atoms with Gasteiger partial charge in [-0.2, -0.15) is 0 Å². The molecule has 174 valence electrons. The van der Waals surface area contributed by atoms with Gasteiger partial charge in [0.2, 0.25) is 0 Å². The van der Waals surface area contributed by atoms with E-state index in [9.17, 15) is 4.79 Å². The van der Waals surface area contributed by atoms with E-state index in [4.69, 9.17) is 24.2 Å². The summed E-state index contributed by atoms with van der Waals surface area (Å²) in [5.41, 5.74) is 3.73. The SMILES string of the molecule is CCCCCCc1nc2ccccc2nc1/C=C/[C@H]1OC(C)(C)O[C@H]1CCCC(=O)OC. The second kappa shape index (κ2) is 11.5. The van der Waals surface area contributed by atoms with E-state index < -0.39 is 5.79 Å². The van der Waals surface area contributed by atoms with Gasteiger partial charge >= 0.3 is 5.97 Å². The number of methoxy groups -OCH3 is 1. The number of hydrogen-bond donors (Lipinski definition) is 0. The fraction of sp³-hybridized carbons (Fsp3) is 0.577. The molecule has 2 aromatic rings. The van der Waals surface area contributed by atoms with Crippen LogP contribution >= 0.6 is 0 Å². The second-order valence-corrected chi connectivity index (χ2v) is 8.82. The molecule has 32 heavy (non-hydrogen) atoms. The van der Waals surface area contributed by atoms with E-state index in [2.05, 4.69) is 6.92 Å². The minimum absolute atomic E-state index is 0.118. The maximum absolute atomic E-state index is 11.5. The van der Waals surface area contributed by atoms with Crippen LogP contribution in [0.15, 0.2) is 30.3 Å². The number of rotatable bonds is 11. The van der Waals surface area contributed by atoms with Crippen molar-refractivity contribution in [3.8, 4) is 0 Å². The Morgan fingerprint density at radius 1 is 1.09 bits per heavy atom. The molecule has 2 atom stereocenters. The van der Waals surface area contributed by atoms with Crippen molar-refractivity contribution in [2.75, 3.05) is 7.11 Å². The van der Waals surface area contributed by atoms with Crippen LogP contribution < -0.4 is 0 Å². The van der Waals surface area contributed by atoms with Gasteiger partial charge in [0.1, 0.15) is 6.10 Å². The van der Waals surface area contributed by atoms with Gasteiger partial charge in [0.25, 0.3) is 0 Å². The first-order valence-electron chi connectivity index (χ1n) is 11.8. The van der Waals surface area contributed by atoms with Crippen molar-refractivity contribution in [3.63, 3.8) is 0 Å². The van der Waals surface area contributed by atoms with E-state index >= 15 is 0 Å². The third kappa shape index (κ3) is 6.84. The zero-order valence-corrected chi connectivity index (χ0v) is 19.8. The highest BCUT2D eigenvalue weighted by molar-refractivity contribution is 5.75. The van der Waals surface area contributed by atoms with Gasteiger partial charge in [0.05, 0.1) is 35.6 Å². The molecule has 0 amide bonds. The van der Waals surface area contributed by atoms with Gasteiger partial charge < -0.3 is 14.2 Å². The van der Waals surface area contributed by atoms with Crippen molar-refractivity contribution in [1.29, 1.82) is 0 Å². The van der Waals surface area contributed by atoms with Crippen LogP contribution in [0.4, 0.5) is 0 Å². The average Bonchev–Trinajstić information content (AvgIpc) is 3.08. The Hall–Kier alpha value is -2.31. The van der Waals surface area contributed by atoms with E-state index in [1.54, 1.807) is 0 Å². The van der Waals surface area contributed by atoms with Gasteiger partial charge in [-0.3, -0.25) is 4.79 Å². The first kappa shape index (κ1) is 24.3. The van der Waals surface area contributed by atoms with Crippen LogP contribution in [-0.2, 0) is 25.4 Å². The summed E-state index contributed by atoms with van der Waals surface area (Å²) in [5.74, 6) is -0.863. The molecule has 0 saturated carbocycles. The number of fused-ring (bicyclic) bond motifs is 1. The number of benzene rings is 1. The Kier molecular flexibility index (Phi) is 8.76. The van der Waals surface area contributed by atoms with Gasteiger partial charge in [-0.05, 0) is 57.7 Å². The highest BCUT2D eigenvalue weighted by atomic mass is 16.7. The molecule has 0 unspecified atom stereocenters. The molecule has 2 heterocycles. The van der Waals surface area contributed by atoms with Crippen molar-refractivity contribution in [2.24, 2.45) is 0 Å². The van der Waals surface area contributed by atoms with E-state index in [1.807, 2.05) is 50.3 Å². The number of carbonyl (C=O) groups is 1. The van der Waals surface area contributed by atoms with Gasteiger partial charge in [0, 0.05) is 6.42 Å². The van der Waals surface area contributed by atoms with E-state index in [0.29, 0.717) is 12.8 Å². The van der Waals surface area contributed by atoms with Crippen molar-refractivity contribution >= 4 is 23.1 Å². The first-order chi connectivity index (χ1) is 15.4. The molecule has 0 bridgehead atoms. The predicted molar refractivity (Wildman–Crippen MR) is 126 cm³/mol. The zero-order valence-electron chi connectivity index (χ0n) is 19.8. The summed E-state index contributed by atoms with van der Waals surface area (Å²) in [4.78, 5) is 21.2. The Morgan fingerprint density at radius 2 is 1.84 bits per heavy atom. The van der Waals surface area contributed by atoms with Gasteiger partial charge in [-0.1, -0.05) is 44.4 Å². The Morgan fingerprint density at radius 3 is 2.56 bits per heavy atom. The summed E-state index contributed by atoms with van der Waals surface area (Å²) in [5, 5.41) is 0. The number of ether oxygens (including phenoxy) is 3. The summed E-state index contributed by atoms with van der Waals surface area (Å²) < 4.78 is 17.0. The molecule has 6 heteroatoms. The van der Waals surface area contributed by atoms with Crippen molar-refractivity contribution < 1.29 is 19.0 Å². The van der Waals surface area contributed by atoms with Crippen molar-refractivity contribution in [1.82, 2.24) is 9.97 Å². The molecule has 6 nitrogen and oxygen atoms in total. The largest absolute Gasteiger partial charge is 0.469 e. The van der Waals surface area contributed by atoms with Crippen LogP contribution in [0.5, 0.6) is 0 Å². The number of aromatic nitrogens is 2. The summed E-state index contributed by atoms with van der Waals surface area (Å²) in [7, 11) is 1.41. The molecule has 1 aliphatic rings. The number of hydrogen-bond acceptors (Lipinski definition) is 6. The van der Waals surface area contributed by atoms with Crippen LogP contribution in [0, 0.1) is 0 Å². The molecule has 1 aliphatic heterocycles. The molecule has 1 aromatic carbocycles. The monoisotopic (exact) mass is 440 g/mol. The molecule has 0 aliphatic carbocycles. The molecular weight excluding hydrogens is 404 g/mol. The number of nitrogens with zero attached hydrogens (tertiary/aromatic N) is 2. The minimum atomic E-state index is -0.664. The summed E-state index contributed by atoms with van der Waals surface area (Å²) in [6.07, 6.45) is 11.2. The van der Waals surface area contributed by atoms with E-state index in [1.165, 1.54) is 26.4 Å². The number of unbranched alkanes of at least 4 members (excludes halogenated alkanes) is 3. The lowest BCUT2D eigenvalue weighted by atomic mass is 10.0. The molecule has 1 fully saturated rings. The summed E-state index contributed by atoms with van der Waals surface area (Å²) in [6, 6.07) is 7.99. The lowest BCUT2D eigenvalue weighted by molar-refractivity contribution is -0.144. The Bertz CT molecular complexity index is 925. The molecule has 1 aromatic heterocycles. The van der Waals surface area contributed by atoms with Crippen molar-refractivity contribution in [2.45, 2.75) is 90.1 Å². The van der Waals surface area contributed by atoms with E-state index in [0.717, 1.165) is 41.7 Å². The molecule has 0 N–H and O–H groups in total. The third-order valence-corrected chi connectivity index (χ3v) is 5.70. The van der Waals surface area contributed by atoms with Crippen LogP contribution in [0.2, 0.25) is 0 Å². The Labute approximate surface area is 191 Å². The number of carbonyl (C=O) groups excluding carboxylic acids is 1. The second-order valence-electron chi connectivity index (χ2n) is 8.82. The minimum Gasteiger partial charge on any atom is -0.469 e. The van der Waals surface area contributed by atoms with Crippen LogP contribution in [0.1, 0.15) is 77.1 Å². The molecule has 3 rings (SSSR count). The van der Waals surface area contributed by atoms with E-state index in [-0.39, 0.29) is 18.2 Å². The third-order valence-electron chi connectivity index (χ3n) is 5.70.